The van der Waals surface area contributed by atoms with Crippen molar-refractivity contribution in [2.75, 3.05) is 56.9 Å². The Labute approximate surface area is 226 Å². The Morgan fingerprint density at radius 1 is 1.13 bits per heavy atom. The predicted octanol–water partition coefficient (Wildman–Crippen LogP) is 3.60. The molecule has 0 radical (unpaired) electrons. The van der Waals surface area contributed by atoms with Crippen molar-refractivity contribution in [1.82, 2.24) is 19.9 Å². The third-order valence-electron chi connectivity index (χ3n) is 6.17. The summed E-state index contributed by atoms with van der Waals surface area (Å²) in [4.78, 5) is 40.7. The van der Waals surface area contributed by atoms with Gasteiger partial charge in [-0.3, -0.25) is 9.59 Å². The maximum Gasteiger partial charge on any atom is 0.265 e. The van der Waals surface area contributed by atoms with Crippen molar-refractivity contribution in [2.45, 2.75) is 0 Å². The molecule has 0 unspecified atom stereocenters. The number of carbonyl (C=O) groups excluding carboxylic acids is 2. The fourth-order valence-corrected chi connectivity index (χ4v) is 4.18. The van der Waals surface area contributed by atoms with E-state index < -0.39 is 5.91 Å². The zero-order valence-electron chi connectivity index (χ0n) is 22.4. The number of nitrogens with two attached hydrogens (primary N) is 1. The number of ether oxygens (including phenoxy) is 1. The molecular formula is C28H32N8O3. The quantitative estimate of drug-likeness (QED) is 0.216. The summed E-state index contributed by atoms with van der Waals surface area (Å²) < 4.78 is 5.68. The highest BCUT2D eigenvalue weighted by Gasteiger charge is 2.20. The Balaban J connectivity index is 1.75. The summed E-state index contributed by atoms with van der Waals surface area (Å²) in [7, 11) is 7.50. The first-order valence-corrected chi connectivity index (χ1v) is 12.2. The maximum absolute atomic E-state index is 12.2. The third kappa shape index (κ3) is 5.99. The maximum atomic E-state index is 12.2. The molecule has 2 amide bonds. The van der Waals surface area contributed by atoms with Crippen LogP contribution in [0.3, 0.4) is 0 Å². The molecule has 4 rings (SSSR count). The van der Waals surface area contributed by atoms with Crippen LogP contribution in [0, 0.1) is 0 Å². The first-order valence-electron chi connectivity index (χ1n) is 12.2. The third-order valence-corrected chi connectivity index (χ3v) is 6.17. The second kappa shape index (κ2) is 11.7. The minimum atomic E-state index is -0.590. The van der Waals surface area contributed by atoms with Gasteiger partial charge in [-0.25, -0.2) is 9.97 Å². The number of fused-ring (bicyclic) bond motifs is 1. The summed E-state index contributed by atoms with van der Waals surface area (Å²) in [5.74, 6) is -0.143. The van der Waals surface area contributed by atoms with Gasteiger partial charge in [0.1, 0.15) is 11.4 Å². The minimum absolute atomic E-state index is 0.262. The van der Waals surface area contributed by atoms with Gasteiger partial charge in [0.25, 0.3) is 5.91 Å². The van der Waals surface area contributed by atoms with E-state index in [4.69, 9.17) is 10.5 Å². The average molecular weight is 529 g/mol. The summed E-state index contributed by atoms with van der Waals surface area (Å²) in [5, 5.41) is 6.88. The van der Waals surface area contributed by atoms with E-state index in [1.807, 2.05) is 56.4 Å². The van der Waals surface area contributed by atoms with E-state index in [0.717, 1.165) is 29.7 Å². The second-order valence-electron chi connectivity index (χ2n) is 9.16. The zero-order valence-corrected chi connectivity index (χ0v) is 22.4. The molecule has 11 heteroatoms. The number of H-pyrrole nitrogens is 1. The summed E-state index contributed by atoms with van der Waals surface area (Å²) in [6.45, 7) is 5.10. The number of amides is 2. The van der Waals surface area contributed by atoms with E-state index >= 15 is 0 Å². The van der Waals surface area contributed by atoms with E-state index in [1.54, 1.807) is 25.4 Å². The first-order chi connectivity index (χ1) is 18.7. The topological polar surface area (TPSA) is 142 Å². The lowest BCUT2D eigenvalue weighted by Crippen LogP contribution is -2.29. The monoisotopic (exact) mass is 528 g/mol. The van der Waals surface area contributed by atoms with Crippen LogP contribution in [-0.4, -0.2) is 73.0 Å². The molecule has 0 bridgehead atoms. The number of hydrogen-bond acceptors (Lipinski definition) is 8. The zero-order chi connectivity index (χ0) is 28.1. The molecule has 0 spiro atoms. The minimum Gasteiger partial charge on any atom is -0.494 e. The van der Waals surface area contributed by atoms with Crippen LogP contribution in [0.4, 0.5) is 23.0 Å². The molecule has 39 heavy (non-hydrogen) atoms. The van der Waals surface area contributed by atoms with Crippen molar-refractivity contribution >= 4 is 45.7 Å². The predicted molar refractivity (Wildman–Crippen MR) is 155 cm³/mol. The molecule has 0 saturated heterocycles. The standard InChI is InChI=1S/C28H32N8O3/c1-6-24(37)31-20-15-21(23(39-5)16-22(20)36(4)14-13-35(2)3)34-28-30-12-11-19(33-28)25-17-9-7-8-10-18(17)32-26(25)27(29)38/h6-12,15-16,32H,1,13-14H2,2-5H3,(H2,29,38)(H,31,37)(H,30,33,34). The Kier molecular flexibility index (Phi) is 8.11. The van der Waals surface area contributed by atoms with Gasteiger partial charge in [0.15, 0.2) is 0 Å². The fourth-order valence-electron chi connectivity index (χ4n) is 4.18. The molecule has 0 aliphatic rings. The van der Waals surface area contributed by atoms with Crippen molar-refractivity contribution in [1.29, 1.82) is 0 Å². The average Bonchev–Trinajstić information content (AvgIpc) is 3.32. The number of hydrogen-bond donors (Lipinski definition) is 4. The number of para-hydroxylation sites is 1. The van der Waals surface area contributed by atoms with Gasteiger partial charge >= 0.3 is 0 Å². The van der Waals surface area contributed by atoms with Crippen LogP contribution in [0.1, 0.15) is 10.5 Å². The Morgan fingerprint density at radius 3 is 2.59 bits per heavy atom. The number of nitrogens with zero attached hydrogens (tertiary/aromatic N) is 4. The Morgan fingerprint density at radius 2 is 1.90 bits per heavy atom. The Bertz CT molecular complexity index is 1530. The summed E-state index contributed by atoms with van der Waals surface area (Å²) in [6.07, 6.45) is 2.80. The van der Waals surface area contributed by atoms with Gasteiger partial charge in [0.05, 0.1) is 29.9 Å². The largest absolute Gasteiger partial charge is 0.494 e. The van der Waals surface area contributed by atoms with E-state index in [0.29, 0.717) is 28.4 Å². The van der Waals surface area contributed by atoms with E-state index in [-0.39, 0.29) is 17.5 Å². The van der Waals surface area contributed by atoms with Crippen LogP contribution in [0.25, 0.3) is 22.2 Å². The molecule has 0 aliphatic carbocycles. The SMILES string of the molecule is C=CC(=O)Nc1cc(Nc2nccc(-c3c(C(N)=O)[nH]c4ccccc34)n2)c(OC)cc1N(C)CCN(C)C. The molecule has 0 atom stereocenters. The van der Waals surface area contributed by atoms with Crippen molar-refractivity contribution < 1.29 is 14.3 Å². The first kappa shape index (κ1) is 27.1. The molecule has 2 aromatic carbocycles. The molecule has 5 N–H and O–H groups in total. The van der Waals surface area contributed by atoms with Gasteiger partial charge in [-0.15, -0.1) is 0 Å². The van der Waals surface area contributed by atoms with Gasteiger partial charge < -0.3 is 35.9 Å². The molecule has 11 nitrogen and oxygen atoms in total. The number of rotatable bonds is 11. The van der Waals surface area contributed by atoms with Gasteiger partial charge in [-0.2, -0.15) is 0 Å². The fraction of sp³-hybridized carbons (Fsp3) is 0.214. The number of anilines is 4. The number of likely N-dealkylation sites (N-methyl/N-ethyl adjacent to an activating group) is 2. The second-order valence-corrected chi connectivity index (χ2v) is 9.16. The van der Waals surface area contributed by atoms with E-state index in [1.165, 1.54) is 6.08 Å². The van der Waals surface area contributed by atoms with E-state index in [2.05, 4.69) is 37.1 Å². The molecule has 2 aromatic heterocycles. The number of nitrogens with one attached hydrogen (secondary N) is 3. The smallest absolute Gasteiger partial charge is 0.265 e. The van der Waals surface area contributed by atoms with Crippen LogP contribution < -0.4 is 26.0 Å². The van der Waals surface area contributed by atoms with Gasteiger partial charge in [0.2, 0.25) is 11.9 Å². The molecule has 2 heterocycles. The number of methoxy groups -OCH3 is 1. The highest BCUT2D eigenvalue weighted by molar-refractivity contribution is 6.08. The summed E-state index contributed by atoms with van der Waals surface area (Å²) in [6, 6.07) is 12.8. The molecule has 0 fully saturated rings. The van der Waals surface area contributed by atoms with Crippen molar-refractivity contribution in [3.8, 4) is 17.0 Å². The lowest BCUT2D eigenvalue weighted by molar-refractivity contribution is -0.111. The van der Waals surface area contributed by atoms with Crippen LogP contribution in [0.5, 0.6) is 5.75 Å². The molecular weight excluding hydrogens is 496 g/mol. The van der Waals surface area contributed by atoms with Crippen LogP contribution in [-0.2, 0) is 4.79 Å². The molecule has 0 saturated carbocycles. The van der Waals surface area contributed by atoms with Crippen molar-refractivity contribution in [2.24, 2.45) is 5.73 Å². The van der Waals surface area contributed by atoms with Gasteiger partial charge in [-0.1, -0.05) is 24.8 Å². The number of aromatic amines is 1. The summed E-state index contributed by atoms with van der Waals surface area (Å²) in [5.41, 5.74) is 9.67. The molecule has 202 valence electrons. The van der Waals surface area contributed by atoms with Gasteiger partial charge in [-0.05, 0) is 38.4 Å². The van der Waals surface area contributed by atoms with Crippen LogP contribution in [0.15, 0.2) is 61.3 Å². The number of primary amides is 1. The van der Waals surface area contributed by atoms with Crippen molar-refractivity contribution in [3.05, 3.63) is 67.0 Å². The Hall–Kier alpha value is -4.90. The van der Waals surface area contributed by atoms with Gasteiger partial charge in [0, 0.05) is 48.9 Å². The van der Waals surface area contributed by atoms with Crippen LogP contribution >= 0.6 is 0 Å². The number of aromatic nitrogens is 3. The lowest BCUT2D eigenvalue weighted by Gasteiger charge is -2.26. The van der Waals surface area contributed by atoms with Crippen molar-refractivity contribution in [3.63, 3.8) is 0 Å². The molecule has 0 aliphatic heterocycles. The highest BCUT2D eigenvalue weighted by Crippen LogP contribution is 2.38. The van der Waals surface area contributed by atoms with E-state index in [9.17, 15) is 9.59 Å². The number of benzene rings is 2. The normalized spacial score (nSPS) is 10.9. The lowest BCUT2D eigenvalue weighted by atomic mass is 10.1. The van der Waals surface area contributed by atoms with Crippen LogP contribution in [0.2, 0.25) is 0 Å². The number of carbonyl (C=O) groups is 2. The highest BCUT2D eigenvalue weighted by atomic mass is 16.5. The summed E-state index contributed by atoms with van der Waals surface area (Å²) >= 11 is 0. The molecule has 4 aromatic rings.